The third kappa shape index (κ3) is 3.56. The molecule has 0 aromatic rings. The molecule has 0 saturated heterocycles. The van der Waals surface area contributed by atoms with E-state index in [1.807, 2.05) is 0 Å². The Hall–Kier alpha value is 0.400. The maximum Gasteiger partial charge on any atom is 0.0615 e. The van der Waals surface area contributed by atoms with Gasteiger partial charge in [-0.15, -0.1) is 0 Å². The predicted molar refractivity (Wildman–Crippen MR) is 59.4 cm³/mol. The number of hydrogen-bond donors (Lipinski definition) is 0. The zero-order valence-corrected chi connectivity index (χ0v) is 10.4. The number of hydrogen-bond acceptors (Lipinski definition) is 2. The second-order valence-corrected chi connectivity index (χ2v) is 5.47. The lowest BCUT2D eigenvalue weighted by atomic mass is 9.85. The molecule has 0 amide bonds. The average Bonchev–Trinajstić information content (AvgIpc) is 2.02. The van der Waals surface area contributed by atoms with Gasteiger partial charge in [-0.05, 0) is 32.7 Å². The van der Waals surface area contributed by atoms with Gasteiger partial charge in [0.15, 0.2) is 0 Å². The van der Waals surface area contributed by atoms with Gasteiger partial charge in [0.1, 0.15) is 0 Å². The van der Waals surface area contributed by atoms with Crippen molar-refractivity contribution in [1.29, 1.82) is 0 Å². The summed E-state index contributed by atoms with van der Waals surface area (Å²) in [7, 11) is 3.95. The molecule has 78 valence electrons. The van der Waals surface area contributed by atoms with Gasteiger partial charge in [-0.1, -0.05) is 15.9 Å². The lowest BCUT2D eigenvalue weighted by Crippen LogP contribution is -2.40. The van der Waals surface area contributed by atoms with Crippen LogP contribution in [0.1, 0.15) is 19.8 Å². The number of alkyl halides is 1. The Labute approximate surface area is 89.8 Å². The first-order chi connectivity index (χ1) is 6.13. The van der Waals surface area contributed by atoms with Crippen molar-refractivity contribution in [2.45, 2.75) is 30.6 Å². The molecule has 0 aromatic carbocycles. The van der Waals surface area contributed by atoms with E-state index in [0.29, 0.717) is 6.04 Å². The summed E-state index contributed by atoms with van der Waals surface area (Å²) < 4.78 is 5.13. The molecule has 0 heterocycles. The van der Waals surface area contributed by atoms with Crippen LogP contribution in [0, 0.1) is 5.92 Å². The van der Waals surface area contributed by atoms with Gasteiger partial charge in [-0.2, -0.15) is 0 Å². The Morgan fingerprint density at radius 2 is 2.15 bits per heavy atom. The number of ether oxygens (including phenoxy) is 1. The molecule has 13 heavy (non-hydrogen) atoms. The van der Waals surface area contributed by atoms with Crippen LogP contribution in [0.3, 0.4) is 0 Å². The maximum absolute atomic E-state index is 5.13. The minimum Gasteiger partial charge on any atom is -0.383 e. The van der Waals surface area contributed by atoms with Gasteiger partial charge in [0.2, 0.25) is 0 Å². The molecule has 0 aromatic heterocycles. The first-order valence-electron chi connectivity index (χ1n) is 4.96. The van der Waals surface area contributed by atoms with Crippen LogP contribution in [0.2, 0.25) is 0 Å². The molecule has 3 heteroatoms. The molecular formula is C10H20BrNO. The molecule has 0 bridgehead atoms. The molecule has 1 rings (SSSR count). The molecule has 1 aliphatic rings. The van der Waals surface area contributed by atoms with E-state index < -0.39 is 0 Å². The van der Waals surface area contributed by atoms with E-state index in [0.717, 1.165) is 17.4 Å². The van der Waals surface area contributed by atoms with Crippen LogP contribution < -0.4 is 0 Å². The summed E-state index contributed by atoms with van der Waals surface area (Å²) in [5, 5.41) is 0. The third-order valence-electron chi connectivity index (χ3n) is 2.88. The Morgan fingerprint density at radius 1 is 1.54 bits per heavy atom. The van der Waals surface area contributed by atoms with Crippen molar-refractivity contribution in [3.05, 3.63) is 0 Å². The zero-order valence-electron chi connectivity index (χ0n) is 8.79. The van der Waals surface area contributed by atoms with Crippen molar-refractivity contribution in [2.24, 2.45) is 5.92 Å². The van der Waals surface area contributed by atoms with E-state index in [9.17, 15) is 0 Å². The second kappa shape index (κ2) is 5.32. The third-order valence-corrected chi connectivity index (χ3v) is 3.63. The second-order valence-electron chi connectivity index (χ2n) is 4.18. The summed E-state index contributed by atoms with van der Waals surface area (Å²) in [6.45, 7) is 4.27. The van der Waals surface area contributed by atoms with Gasteiger partial charge >= 0.3 is 0 Å². The van der Waals surface area contributed by atoms with Gasteiger partial charge in [-0.25, -0.2) is 0 Å². The lowest BCUT2D eigenvalue weighted by molar-refractivity contribution is 0.0950. The summed E-state index contributed by atoms with van der Waals surface area (Å²) >= 11 is 3.62. The minimum atomic E-state index is 0.541. The highest BCUT2D eigenvalue weighted by molar-refractivity contribution is 9.09. The van der Waals surface area contributed by atoms with Gasteiger partial charge in [0, 0.05) is 24.5 Å². The summed E-state index contributed by atoms with van der Waals surface area (Å²) in [6.07, 6.45) is 2.67. The standard InChI is InChI=1S/C10H20BrNO/c1-8(7-13-3)12(2)6-9-4-10(11)5-9/h8-10H,4-7H2,1-3H3. The fraction of sp³-hybridized carbons (Fsp3) is 1.00. The van der Waals surface area contributed by atoms with Gasteiger partial charge < -0.3 is 9.64 Å². The van der Waals surface area contributed by atoms with Crippen LogP contribution in [0.25, 0.3) is 0 Å². The molecule has 1 atom stereocenters. The summed E-state index contributed by atoms with van der Waals surface area (Å²) in [4.78, 5) is 3.18. The fourth-order valence-corrected chi connectivity index (χ4v) is 2.82. The number of rotatable bonds is 5. The van der Waals surface area contributed by atoms with Gasteiger partial charge in [0.25, 0.3) is 0 Å². The van der Waals surface area contributed by atoms with E-state index in [4.69, 9.17) is 4.74 Å². The van der Waals surface area contributed by atoms with Crippen LogP contribution in [0.4, 0.5) is 0 Å². The predicted octanol–water partition coefficient (Wildman–Crippen LogP) is 2.13. The number of methoxy groups -OCH3 is 1. The SMILES string of the molecule is COCC(C)N(C)CC1CC(Br)C1. The van der Waals surface area contributed by atoms with E-state index >= 15 is 0 Å². The van der Waals surface area contributed by atoms with Crippen molar-refractivity contribution in [2.75, 3.05) is 27.3 Å². The highest BCUT2D eigenvalue weighted by Gasteiger charge is 2.28. The lowest BCUT2D eigenvalue weighted by Gasteiger charge is -2.36. The average molecular weight is 250 g/mol. The Kier molecular flexibility index (Phi) is 4.70. The number of halogens is 1. The molecule has 1 aliphatic carbocycles. The van der Waals surface area contributed by atoms with Gasteiger partial charge in [-0.3, -0.25) is 0 Å². The largest absolute Gasteiger partial charge is 0.383 e. The van der Waals surface area contributed by atoms with E-state index in [1.165, 1.54) is 19.4 Å². The van der Waals surface area contributed by atoms with Crippen molar-refractivity contribution >= 4 is 15.9 Å². The molecule has 1 unspecified atom stereocenters. The van der Waals surface area contributed by atoms with Crippen LogP contribution in [0.15, 0.2) is 0 Å². The van der Waals surface area contributed by atoms with E-state index in [1.54, 1.807) is 7.11 Å². The highest BCUT2D eigenvalue weighted by atomic mass is 79.9. The Balaban J connectivity index is 2.13. The summed E-state index contributed by atoms with van der Waals surface area (Å²) in [5.74, 6) is 0.897. The van der Waals surface area contributed by atoms with Crippen molar-refractivity contribution in [1.82, 2.24) is 4.90 Å². The molecular weight excluding hydrogens is 230 g/mol. The van der Waals surface area contributed by atoms with Gasteiger partial charge in [0.05, 0.1) is 6.61 Å². The Bertz CT molecular complexity index is 148. The van der Waals surface area contributed by atoms with Crippen LogP contribution >= 0.6 is 15.9 Å². The minimum absolute atomic E-state index is 0.541. The van der Waals surface area contributed by atoms with Crippen LogP contribution in [-0.4, -0.2) is 43.1 Å². The zero-order chi connectivity index (χ0) is 9.84. The van der Waals surface area contributed by atoms with Crippen molar-refractivity contribution < 1.29 is 4.74 Å². The van der Waals surface area contributed by atoms with Crippen molar-refractivity contribution in [3.8, 4) is 0 Å². The summed E-state index contributed by atoms with van der Waals surface area (Å²) in [5.41, 5.74) is 0. The number of nitrogens with zero attached hydrogens (tertiary/aromatic N) is 1. The normalized spacial score (nSPS) is 30.2. The van der Waals surface area contributed by atoms with E-state index in [2.05, 4.69) is 34.8 Å². The molecule has 0 N–H and O–H groups in total. The summed E-state index contributed by atoms with van der Waals surface area (Å²) in [6, 6.07) is 0.541. The monoisotopic (exact) mass is 249 g/mol. The fourth-order valence-electron chi connectivity index (χ4n) is 1.76. The number of likely N-dealkylation sites (N-methyl/N-ethyl adjacent to an activating group) is 1. The molecule has 1 saturated carbocycles. The molecule has 2 nitrogen and oxygen atoms in total. The van der Waals surface area contributed by atoms with Crippen molar-refractivity contribution in [3.63, 3.8) is 0 Å². The Morgan fingerprint density at radius 3 is 2.62 bits per heavy atom. The molecule has 0 radical (unpaired) electrons. The topological polar surface area (TPSA) is 12.5 Å². The molecule has 0 spiro atoms. The quantitative estimate of drug-likeness (QED) is 0.693. The van der Waals surface area contributed by atoms with Crippen LogP contribution in [-0.2, 0) is 4.74 Å². The maximum atomic E-state index is 5.13. The van der Waals surface area contributed by atoms with E-state index in [-0.39, 0.29) is 0 Å². The first-order valence-corrected chi connectivity index (χ1v) is 5.88. The molecule has 1 fully saturated rings. The molecule has 0 aliphatic heterocycles. The smallest absolute Gasteiger partial charge is 0.0615 e. The van der Waals surface area contributed by atoms with Crippen LogP contribution in [0.5, 0.6) is 0 Å². The highest BCUT2D eigenvalue weighted by Crippen LogP contribution is 2.33. The first kappa shape index (κ1) is 11.5.